The van der Waals surface area contributed by atoms with Crippen molar-refractivity contribution in [2.45, 2.75) is 58.5 Å². The van der Waals surface area contributed by atoms with Gasteiger partial charge in [-0.25, -0.2) is 9.59 Å². The van der Waals surface area contributed by atoms with Crippen molar-refractivity contribution < 1.29 is 29.5 Å². The molecule has 1 aliphatic rings. The van der Waals surface area contributed by atoms with Gasteiger partial charge < -0.3 is 5.11 Å². The van der Waals surface area contributed by atoms with Crippen LogP contribution in [0, 0.1) is 5.92 Å². The van der Waals surface area contributed by atoms with E-state index >= 15 is 0 Å². The van der Waals surface area contributed by atoms with Crippen molar-refractivity contribution in [1.82, 2.24) is 0 Å². The first-order chi connectivity index (χ1) is 9.29. The molecular weight excluding hydrogens is 264 g/mol. The summed E-state index contributed by atoms with van der Waals surface area (Å²) in [4.78, 5) is 32.1. The second-order valence-electron chi connectivity index (χ2n) is 5.91. The fourth-order valence-electron chi connectivity index (χ4n) is 2.09. The lowest BCUT2D eigenvalue weighted by Crippen LogP contribution is -2.23. The molecule has 0 unspecified atom stereocenters. The van der Waals surface area contributed by atoms with Crippen molar-refractivity contribution in [3.8, 4) is 0 Å². The van der Waals surface area contributed by atoms with Crippen molar-refractivity contribution in [2.24, 2.45) is 5.92 Å². The van der Waals surface area contributed by atoms with Crippen LogP contribution >= 0.6 is 0 Å². The van der Waals surface area contributed by atoms with Gasteiger partial charge in [0.25, 0.3) is 0 Å². The Balaban J connectivity index is 2.63. The van der Waals surface area contributed by atoms with Crippen LogP contribution in [-0.2, 0) is 24.4 Å². The van der Waals surface area contributed by atoms with Gasteiger partial charge in [0, 0.05) is 6.08 Å². The molecule has 1 fully saturated rings. The summed E-state index contributed by atoms with van der Waals surface area (Å²) in [6.07, 6.45) is 5.54. The fourth-order valence-corrected chi connectivity index (χ4v) is 2.09. The predicted octanol–water partition coefficient (Wildman–Crippen LogP) is 2.78. The zero-order chi connectivity index (χ0) is 15.2. The van der Waals surface area contributed by atoms with Gasteiger partial charge in [0.15, 0.2) is 0 Å². The topological polar surface area (TPSA) is 82.1 Å². The number of hydrogen-bond donors (Lipinski definition) is 1. The summed E-state index contributed by atoms with van der Waals surface area (Å²) in [5, 5.41) is 13.3. The predicted molar refractivity (Wildman–Crippen MR) is 70.3 cm³/mol. The minimum Gasteiger partial charge on any atom is -0.478 e. The van der Waals surface area contributed by atoms with E-state index in [1.54, 1.807) is 20.8 Å². The highest BCUT2D eigenvalue weighted by molar-refractivity contribution is 5.95. The van der Waals surface area contributed by atoms with E-state index in [9.17, 15) is 9.59 Å². The number of hydrogen-bond acceptors (Lipinski definition) is 5. The van der Waals surface area contributed by atoms with Gasteiger partial charge in [-0.3, -0.25) is 4.89 Å². The van der Waals surface area contributed by atoms with Gasteiger partial charge in [-0.05, 0) is 44.6 Å². The van der Waals surface area contributed by atoms with Crippen LogP contribution in [-0.4, -0.2) is 22.6 Å². The Morgan fingerprint density at radius 3 is 2.25 bits per heavy atom. The maximum Gasteiger partial charge on any atom is 0.372 e. The number of carbonyl (C=O) groups excluding carboxylic acids is 1. The van der Waals surface area contributed by atoms with Gasteiger partial charge in [0.2, 0.25) is 0 Å². The fraction of sp³-hybridized carbons (Fsp3) is 0.714. The quantitative estimate of drug-likeness (QED) is 0.475. The van der Waals surface area contributed by atoms with Crippen LogP contribution in [0.4, 0.5) is 0 Å². The number of rotatable bonds is 5. The van der Waals surface area contributed by atoms with Gasteiger partial charge in [0.1, 0.15) is 0 Å². The van der Waals surface area contributed by atoms with Crippen molar-refractivity contribution in [1.29, 1.82) is 0 Å². The first-order valence-electron chi connectivity index (χ1n) is 6.81. The van der Waals surface area contributed by atoms with Gasteiger partial charge in [-0.1, -0.05) is 19.3 Å². The minimum absolute atomic E-state index is 0.0920. The van der Waals surface area contributed by atoms with Crippen LogP contribution in [0.5, 0.6) is 0 Å². The summed E-state index contributed by atoms with van der Waals surface area (Å²) in [6.45, 7) is 5.20. The largest absolute Gasteiger partial charge is 0.478 e. The second-order valence-corrected chi connectivity index (χ2v) is 5.91. The Kier molecular flexibility index (Phi) is 6.16. The first-order valence-corrected chi connectivity index (χ1v) is 6.81. The molecule has 0 saturated heterocycles. The van der Waals surface area contributed by atoms with Gasteiger partial charge in [0.05, 0.1) is 11.2 Å². The van der Waals surface area contributed by atoms with Gasteiger partial charge >= 0.3 is 11.9 Å². The third-order valence-corrected chi connectivity index (χ3v) is 2.95. The summed E-state index contributed by atoms with van der Waals surface area (Å²) in [6, 6.07) is 0. The van der Waals surface area contributed by atoms with Gasteiger partial charge in [-0.15, -0.1) is 0 Å². The first kappa shape index (κ1) is 16.7. The molecule has 0 spiro atoms. The summed E-state index contributed by atoms with van der Waals surface area (Å²) >= 11 is 0. The van der Waals surface area contributed by atoms with Gasteiger partial charge in [-0.2, -0.15) is 4.89 Å². The average Bonchev–Trinajstić information content (AvgIpc) is 2.35. The lowest BCUT2D eigenvalue weighted by atomic mass is 9.83. The molecule has 0 radical (unpaired) electrons. The van der Waals surface area contributed by atoms with Crippen molar-refractivity contribution >= 4 is 11.9 Å². The smallest absolute Gasteiger partial charge is 0.372 e. The van der Waals surface area contributed by atoms with Crippen LogP contribution in [0.25, 0.3) is 0 Å². The van der Waals surface area contributed by atoms with E-state index in [4.69, 9.17) is 9.99 Å². The van der Waals surface area contributed by atoms with E-state index in [0.717, 1.165) is 38.2 Å². The minimum atomic E-state index is -1.17. The van der Waals surface area contributed by atoms with E-state index in [2.05, 4.69) is 9.93 Å². The maximum atomic E-state index is 11.9. The zero-order valence-electron chi connectivity index (χ0n) is 12.2. The zero-order valence-corrected chi connectivity index (χ0v) is 12.2. The summed E-state index contributed by atoms with van der Waals surface area (Å²) in [5.41, 5.74) is -0.489. The highest BCUT2D eigenvalue weighted by atomic mass is 17.5. The molecule has 1 N–H and O–H groups in total. The molecule has 0 aliphatic heterocycles. The molecule has 0 aromatic heterocycles. The molecule has 0 amide bonds. The standard InChI is InChI=1S/C14H22O6/c1-14(2,3)19-20-18-13(17)11(9-12(15)16)10-7-5-4-6-8-10/h9-10H,4-8H2,1-3H3,(H,15,16). The van der Waals surface area contributed by atoms with E-state index < -0.39 is 17.5 Å². The maximum absolute atomic E-state index is 11.9. The van der Waals surface area contributed by atoms with E-state index in [1.165, 1.54) is 0 Å². The molecule has 114 valence electrons. The van der Waals surface area contributed by atoms with E-state index in [1.807, 2.05) is 0 Å². The third-order valence-electron chi connectivity index (χ3n) is 2.95. The Morgan fingerprint density at radius 2 is 1.75 bits per heavy atom. The highest BCUT2D eigenvalue weighted by Crippen LogP contribution is 2.30. The second kappa shape index (κ2) is 7.40. The normalized spacial score (nSPS) is 17.9. The SMILES string of the molecule is CC(C)(C)OOOC(=O)C(=CC(=O)O)C1CCCCC1. The molecule has 1 aliphatic carbocycles. The number of aliphatic carboxylic acids is 1. The highest BCUT2D eigenvalue weighted by Gasteiger charge is 2.26. The Hall–Kier alpha value is -1.40. The van der Waals surface area contributed by atoms with Crippen molar-refractivity contribution in [3.05, 3.63) is 11.6 Å². The molecule has 0 bridgehead atoms. The molecule has 6 heteroatoms. The van der Waals surface area contributed by atoms with Crippen LogP contribution in [0.15, 0.2) is 11.6 Å². The summed E-state index contributed by atoms with van der Waals surface area (Å²) in [5.74, 6) is -2.06. The van der Waals surface area contributed by atoms with E-state index in [-0.39, 0.29) is 11.5 Å². The molecule has 20 heavy (non-hydrogen) atoms. The summed E-state index contributed by atoms with van der Waals surface area (Å²) in [7, 11) is 0. The number of carboxylic acids is 1. The monoisotopic (exact) mass is 286 g/mol. The third kappa shape index (κ3) is 6.16. The molecule has 0 aromatic carbocycles. The van der Waals surface area contributed by atoms with Crippen molar-refractivity contribution in [2.75, 3.05) is 0 Å². The lowest BCUT2D eigenvalue weighted by Gasteiger charge is -2.22. The molecule has 1 saturated carbocycles. The molecular formula is C14H22O6. The summed E-state index contributed by atoms with van der Waals surface area (Å²) < 4.78 is 0. The van der Waals surface area contributed by atoms with Crippen LogP contribution in [0.1, 0.15) is 52.9 Å². The van der Waals surface area contributed by atoms with Crippen LogP contribution < -0.4 is 0 Å². The molecule has 0 atom stereocenters. The van der Waals surface area contributed by atoms with Crippen LogP contribution in [0.3, 0.4) is 0 Å². The number of carbonyl (C=O) groups is 2. The van der Waals surface area contributed by atoms with Crippen molar-refractivity contribution in [3.63, 3.8) is 0 Å². The lowest BCUT2D eigenvalue weighted by molar-refractivity contribution is -0.513. The molecule has 0 heterocycles. The molecule has 0 aromatic rings. The molecule has 6 nitrogen and oxygen atoms in total. The number of carboxylic acid groups (broad SMARTS) is 1. The van der Waals surface area contributed by atoms with Crippen LogP contribution in [0.2, 0.25) is 0 Å². The average molecular weight is 286 g/mol. The Morgan fingerprint density at radius 1 is 1.15 bits per heavy atom. The Bertz CT molecular complexity index is 374. The Labute approximate surface area is 118 Å². The van der Waals surface area contributed by atoms with E-state index in [0.29, 0.717) is 0 Å². The molecule has 1 rings (SSSR count).